The normalized spacial score (nSPS) is 36.2. The molecule has 1 aromatic carbocycles. The van der Waals surface area contributed by atoms with Crippen molar-refractivity contribution in [3.63, 3.8) is 0 Å². The highest BCUT2D eigenvalue weighted by molar-refractivity contribution is 6.30. The Morgan fingerprint density at radius 2 is 1.57 bits per heavy atom. The van der Waals surface area contributed by atoms with E-state index in [-0.39, 0.29) is 35.3 Å². The highest BCUT2D eigenvalue weighted by Gasteiger charge is 2.59. The van der Waals surface area contributed by atoms with Crippen molar-refractivity contribution in [3.8, 4) is 5.75 Å². The molecule has 2 saturated heterocycles. The van der Waals surface area contributed by atoms with E-state index in [0.29, 0.717) is 23.4 Å². The molecule has 0 bridgehead atoms. The smallest absolute Gasteiger partial charge is 0.231 e. The third-order valence-electron chi connectivity index (χ3n) is 6.66. The number of amides is 4. The summed E-state index contributed by atoms with van der Waals surface area (Å²) in [5.41, 5.74) is 1.29. The van der Waals surface area contributed by atoms with Gasteiger partial charge in [-0.1, -0.05) is 23.3 Å². The third kappa shape index (κ3) is 2.29. The Morgan fingerprint density at radius 1 is 0.893 bits per heavy atom. The number of nitrogens with one attached hydrogen (secondary N) is 2. The standard InChI is InChI=1S/C20H17ClN2O5/c21-7-1-4-13(24)11(5-7)14-8-2-3-9-15(19(27)22-17(9)25)10(8)6-12-16(14)20(28)23-18(12)26/h1-2,4-5,9-10,12,14-16,24H,3,6H2,(H,22,25,27)(H,23,26,28). The first-order chi connectivity index (χ1) is 13.4. The summed E-state index contributed by atoms with van der Waals surface area (Å²) in [5, 5.41) is 15.7. The first-order valence-corrected chi connectivity index (χ1v) is 9.62. The van der Waals surface area contributed by atoms with Crippen LogP contribution in [0.5, 0.6) is 5.75 Å². The Morgan fingerprint density at radius 3 is 2.32 bits per heavy atom. The fraction of sp³-hybridized carbons (Fsp3) is 0.400. The first kappa shape index (κ1) is 17.4. The van der Waals surface area contributed by atoms with Crippen molar-refractivity contribution in [1.29, 1.82) is 0 Å². The molecule has 4 amide bonds. The molecule has 7 nitrogen and oxygen atoms in total. The van der Waals surface area contributed by atoms with Crippen LogP contribution < -0.4 is 10.6 Å². The lowest BCUT2D eigenvalue weighted by Gasteiger charge is -2.44. The lowest BCUT2D eigenvalue weighted by Crippen LogP contribution is -2.42. The number of hydrogen-bond acceptors (Lipinski definition) is 5. The Balaban J connectivity index is 1.69. The topological polar surface area (TPSA) is 113 Å². The van der Waals surface area contributed by atoms with E-state index in [1.54, 1.807) is 12.1 Å². The minimum Gasteiger partial charge on any atom is -0.508 e. The summed E-state index contributed by atoms with van der Waals surface area (Å²) in [6.07, 6.45) is 2.62. The number of allylic oxidation sites excluding steroid dienone is 2. The Hall–Kier alpha value is -2.67. The summed E-state index contributed by atoms with van der Waals surface area (Å²) in [4.78, 5) is 49.7. The summed E-state index contributed by atoms with van der Waals surface area (Å²) in [7, 11) is 0. The molecule has 2 aliphatic carbocycles. The van der Waals surface area contributed by atoms with E-state index in [1.807, 2.05) is 6.08 Å². The summed E-state index contributed by atoms with van der Waals surface area (Å²) in [6.45, 7) is 0. The number of phenolic OH excluding ortho intramolecular Hbond substituents is 1. The summed E-state index contributed by atoms with van der Waals surface area (Å²) in [6, 6.07) is 4.61. The van der Waals surface area contributed by atoms with Gasteiger partial charge in [0.2, 0.25) is 23.6 Å². The van der Waals surface area contributed by atoms with Gasteiger partial charge >= 0.3 is 0 Å². The summed E-state index contributed by atoms with van der Waals surface area (Å²) in [5.74, 6) is -4.59. The maximum atomic E-state index is 12.6. The fourth-order valence-electron chi connectivity index (χ4n) is 5.53. The Bertz CT molecular complexity index is 987. The van der Waals surface area contributed by atoms with Crippen molar-refractivity contribution >= 4 is 35.2 Å². The number of halogens is 1. The van der Waals surface area contributed by atoms with Crippen molar-refractivity contribution in [2.45, 2.75) is 18.8 Å². The van der Waals surface area contributed by atoms with Crippen molar-refractivity contribution in [3.05, 3.63) is 40.4 Å². The largest absolute Gasteiger partial charge is 0.508 e. The van der Waals surface area contributed by atoms with Gasteiger partial charge in [0.15, 0.2) is 0 Å². The number of imide groups is 2. The van der Waals surface area contributed by atoms with E-state index < -0.39 is 29.6 Å². The maximum absolute atomic E-state index is 12.6. The molecule has 0 aromatic heterocycles. The highest BCUT2D eigenvalue weighted by Crippen LogP contribution is 2.57. The van der Waals surface area contributed by atoms with Gasteiger partial charge in [0.05, 0.1) is 23.7 Å². The predicted octanol–water partition coefficient (Wildman–Crippen LogP) is 1.26. The van der Waals surface area contributed by atoms with Gasteiger partial charge in [-0.2, -0.15) is 0 Å². The molecule has 8 heteroatoms. The van der Waals surface area contributed by atoms with Gasteiger partial charge in [0.1, 0.15) is 5.75 Å². The van der Waals surface area contributed by atoms with Crippen LogP contribution in [0, 0.1) is 29.6 Å². The minimum absolute atomic E-state index is 0.0177. The zero-order chi connectivity index (χ0) is 19.7. The van der Waals surface area contributed by atoms with Crippen molar-refractivity contribution in [2.24, 2.45) is 29.6 Å². The molecule has 3 N–H and O–H groups in total. The molecule has 144 valence electrons. The molecule has 2 aliphatic heterocycles. The number of aromatic hydroxyl groups is 1. The minimum atomic E-state index is -0.670. The Kier molecular flexibility index (Phi) is 3.68. The number of carbonyl (C=O) groups is 4. The molecule has 6 atom stereocenters. The molecule has 0 radical (unpaired) electrons. The molecule has 1 aromatic rings. The molecule has 0 spiro atoms. The fourth-order valence-corrected chi connectivity index (χ4v) is 5.71. The van der Waals surface area contributed by atoms with Crippen LogP contribution >= 0.6 is 11.6 Å². The van der Waals surface area contributed by atoms with Gasteiger partial charge in [-0.3, -0.25) is 29.8 Å². The molecule has 6 unspecified atom stereocenters. The zero-order valence-corrected chi connectivity index (χ0v) is 15.4. The average Bonchev–Trinajstić information content (AvgIpc) is 3.11. The van der Waals surface area contributed by atoms with Crippen LogP contribution in [0.4, 0.5) is 0 Å². The van der Waals surface area contributed by atoms with E-state index >= 15 is 0 Å². The van der Waals surface area contributed by atoms with Crippen LogP contribution in [0.1, 0.15) is 24.3 Å². The van der Waals surface area contributed by atoms with E-state index in [2.05, 4.69) is 10.6 Å². The molecule has 28 heavy (non-hydrogen) atoms. The molecule has 5 rings (SSSR count). The lowest BCUT2D eigenvalue weighted by atomic mass is 9.57. The molecular formula is C20H17ClN2O5. The number of benzene rings is 1. The second-order valence-electron chi connectivity index (χ2n) is 7.93. The van der Waals surface area contributed by atoms with E-state index in [9.17, 15) is 24.3 Å². The van der Waals surface area contributed by atoms with Crippen LogP contribution in [0.25, 0.3) is 0 Å². The van der Waals surface area contributed by atoms with Gasteiger partial charge in [-0.05, 0) is 37.0 Å². The van der Waals surface area contributed by atoms with Crippen molar-refractivity contribution in [2.75, 3.05) is 0 Å². The quantitative estimate of drug-likeness (QED) is 0.485. The van der Waals surface area contributed by atoms with Gasteiger partial charge in [0, 0.05) is 16.5 Å². The van der Waals surface area contributed by atoms with Crippen molar-refractivity contribution < 1.29 is 24.3 Å². The van der Waals surface area contributed by atoms with Gasteiger partial charge < -0.3 is 5.11 Å². The zero-order valence-electron chi connectivity index (χ0n) is 14.6. The molecule has 4 aliphatic rings. The van der Waals surface area contributed by atoms with Gasteiger partial charge in [-0.15, -0.1) is 0 Å². The number of carbonyl (C=O) groups excluding carboxylic acids is 4. The maximum Gasteiger partial charge on any atom is 0.231 e. The summed E-state index contributed by atoms with van der Waals surface area (Å²) >= 11 is 6.14. The first-order valence-electron chi connectivity index (χ1n) is 9.24. The van der Waals surface area contributed by atoms with Gasteiger partial charge in [0.25, 0.3) is 0 Å². The average molecular weight is 401 g/mol. The van der Waals surface area contributed by atoms with Crippen LogP contribution in [0.2, 0.25) is 5.02 Å². The number of fused-ring (bicyclic) bond motifs is 4. The highest BCUT2D eigenvalue weighted by atomic mass is 35.5. The third-order valence-corrected chi connectivity index (χ3v) is 6.89. The van der Waals surface area contributed by atoms with Crippen LogP contribution in [-0.2, 0) is 19.2 Å². The second kappa shape index (κ2) is 5.91. The molecule has 1 saturated carbocycles. The van der Waals surface area contributed by atoms with Crippen LogP contribution in [0.3, 0.4) is 0 Å². The molecule has 2 heterocycles. The predicted molar refractivity (Wildman–Crippen MR) is 96.9 cm³/mol. The number of phenols is 1. The SMILES string of the molecule is O=C1NC(=O)C2C1CC=C1C2CC2C(=O)NC(=O)C2C1c1cc(Cl)ccc1O. The van der Waals surface area contributed by atoms with Crippen LogP contribution in [-0.4, -0.2) is 28.7 Å². The van der Waals surface area contributed by atoms with E-state index in [4.69, 9.17) is 11.6 Å². The second-order valence-corrected chi connectivity index (χ2v) is 8.37. The summed E-state index contributed by atoms with van der Waals surface area (Å²) < 4.78 is 0. The van der Waals surface area contributed by atoms with Crippen LogP contribution in [0.15, 0.2) is 29.8 Å². The number of rotatable bonds is 1. The number of hydrogen-bond donors (Lipinski definition) is 3. The van der Waals surface area contributed by atoms with E-state index in [0.717, 1.165) is 5.57 Å². The van der Waals surface area contributed by atoms with E-state index in [1.165, 1.54) is 6.07 Å². The van der Waals surface area contributed by atoms with Crippen molar-refractivity contribution in [1.82, 2.24) is 10.6 Å². The molecule has 3 fully saturated rings. The Labute approximate surface area is 165 Å². The lowest BCUT2D eigenvalue weighted by molar-refractivity contribution is -0.128. The van der Waals surface area contributed by atoms with Gasteiger partial charge in [-0.25, -0.2) is 0 Å². The molecular weight excluding hydrogens is 384 g/mol. The monoisotopic (exact) mass is 400 g/mol.